The first kappa shape index (κ1) is 15.2. The van der Waals surface area contributed by atoms with E-state index in [1.807, 2.05) is 0 Å². The van der Waals surface area contributed by atoms with Gasteiger partial charge in [-0.25, -0.2) is 4.79 Å². The smallest absolute Gasteiger partial charge is 0.327 e. The van der Waals surface area contributed by atoms with Gasteiger partial charge in [0.25, 0.3) is 0 Å². The normalized spacial score (nSPS) is 13.1. The van der Waals surface area contributed by atoms with Crippen LogP contribution < -0.4 is 0 Å². The Kier molecular flexibility index (Phi) is 10.2. The summed E-state index contributed by atoms with van der Waals surface area (Å²) in [6.45, 7) is 4.43. The van der Waals surface area contributed by atoms with E-state index in [0.29, 0.717) is 5.92 Å². The molecule has 1 N–H and O–H groups in total. The molecule has 16 heavy (non-hydrogen) atoms. The minimum Gasteiger partial charge on any atom is -0.478 e. The summed E-state index contributed by atoms with van der Waals surface area (Å²) in [6.07, 6.45) is 13.1. The molecule has 0 radical (unpaired) electrons. The molecule has 0 aromatic heterocycles. The lowest BCUT2D eigenvalue weighted by molar-refractivity contribution is -0.131. The Morgan fingerprint density at radius 1 is 1.19 bits per heavy atom. The number of hydrogen-bond donors (Lipinski definition) is 1. The first-order valence-corrected chi connectivity index (χ1v) is 6.56. The molecule has 1 unspecified atom stereocenters. The van der Waals surface area contributed by atoms with E-state index in [1.54, 1.807) is 6.08 Å². The fraction of sp³-hybridized carbons (Fsp3) is 0.786. The van der Waals surface area contributed by atoms with Gasteiger partial charge in [-0.2, -0.15) is 0 Å². The lowest BCUT2D eigenvalue weighted by Crippen LogP contribution is -1.94. The molecule has 2 nitrogen and oxygen atoms in total. The Morgan fingerprint density at radius 3 is 2.44 bits per heavy atom. The maximum absolute atomic E-state index is 10.3. The van der Waals surface area contributed by atoms with Crippen LogP contribution in [0.3, 0.4) is 0 Å². The molecule has 0 bridgehead atoms. The van der Waals surface area contributed by atoms with E-state index in [1.165, 1.54) is 51.0 Å². The Morgan fingerprint density at radius 2 is 1.81 bits per heavy atom. The van der Waals surface area contributed by atoms with Crippen LogP contribution in [0.4, 0.5) is 0 Å². The average Bonchev–Trinajstić information content (AvgIpc) is 2.22. The summed E-state index contributed by atoms with van der Waals surface area (Å²) >= 11 is 0. The number of hydrogen-bond acceptors (Lipinski definition) is 1. The lowest BCUT2D eigenvalue weighted by atomic mass is 9.99. The fourth-order valence-corrected chi connectivity index (χ4v) is 1.79. The van der Waals surface area contributed by atoms with Crippen molar-refractivity contribution < 1.29 is 9.90 Å². The summed E-state index contributed by atoms with van der Waals surface area (Å²) in [4.78, 5) is 10.3. The third-order valence-corrected chi connectivity index (χ3v) is 2.85. The molecule has 0 aromatic carbocycles. The maximum Gasteiger partial charge on any atom is 0.327 e. The van der Waals surface area contributed by atoms with E-state index in [-0.39, 0.29) is 0 Å². The summed E-state index contributed by atoms with van der Waals surface area (Å²) in [7, 11) is 0. The number of aliphatic carboxylic acids is 1. The second kappa shape index (κ2) is 10.7. The lowest BCUT2D eigenvalue weighted by Gasteiger charge is -2.07. The molecule has 0 amide bonds. The van der Waals surface area contributed by atoms with E-state index >= 15 is 0 Å². The zero-order chi connectivity index (χ0) is 12.2. The van der Waals surface area contributed by atoms with Crippen LogP contribution in [0.15, 0.2) is 12.2 Å². The molecule has 94 valence electrons. The molecule has 0 aliphatic carbocycles. The minimum absolute atomic E-state index is 0.613. The molecule has 0 aromatic rings. The minimum atomic E-state index is -0.841. The number of unbranched alkanes of at least 4 members (excludes halogenated alkanes) is 5. The van der Waals surface area contributed by atoms with Crippen LogP contribution in [0.1, 0.15) is 65.2 Å². The second-order valence-corrected chi connectivity index (χ2v) is 4.64. The zero-order valence-corrected chi connectivity index (χ0v) is 10.7. The van der Waals surface area contributed by atoms with E-state index in [2.05, 4.69) is 13.8 Å². The van der Waals surface area contributed by atoms with Crippen LogP contribution >= 0.6 is 0 Å². The highest BCUT2D eigenvalue weighted by atomic mass is 16.4. The van der Waals surface area contributed by atoms with Gasteiger partial charge in [-0.15, -0.1) is 0 Å². The van der Waals surface area contributed by atoms with Crippen molar-refractivity contribution in [3.8, 4) is 0 Å². The predicted molar refractivity (Wildman–Crippen MR) is 68.5 cm³/mol. The zero-order valence-electron chi connectivity index (χ0n) is 10.7. The van der Waals surface area contributed by atoms with Crippen molar-refractivity contribution in [1.29, 1.82) is 0 Å². The summed E-state index contributed by atoms with van der Waals surface area (Å²) in [5.74, 6) is -0.228. The van der Waals surface area contributed by atoms with Gasteiger partial charge in [-0.1, -0.05) is 64.9 Å². The Bertz CT molecular complexity index is 197. The van der Waals surface area contributed by atoms with Gasteiger partial charge in [-0.05, 0) is 12.3 Å². The molecule has 0 saturated carbocycles. The van der Waals surface area contributed by atoms with Crippen LogP contribution in [0.25, 0.3) is 0 Å². The summed E-state index contributed by atoms with van der Waals surface area (Å²) in [6, 6.07) is 0. The number of carbonyl (C=O) groups is 1. The highest BCUT2D eigenvalue weighted by molar-refractivity contribution is 5.79. The fourth-order valence-electron chi connectivity index (χ4n) is 1.79. The van der Waals surface area contributed by atoms with Crippen molar-refractivity contribution in [2.24, 2.45) is 5.92 Å². The Hall–Kier alpha value is -0.790. The van der Waals surface area contributed by atoms with Crippen molar-refractivity contribution in [1.82, 2.24) is 0 Å². The first-order valence-electron chi connectivity index (χ1n) is 6.56. The SMILES string of the molecule is CCCCCCCCC(C)C/C=C\C(=O)O. The molecule has 0 rings (SSSR count). The Balaban J connectivity index is 3.30. The molecule has 0 spiro atoms. The third-order valence-electron chi connectivity index (χ3n) is 2.85. The largest absolute Gasteiger partial charge is 0.478 e. The standard InChI is InChI=1S/C14H26O2/c1-3-4-5-6-7-8-10-13(2)11-9-12-14(15)16/h9,12-13H,3-8,10-11H2,1-2H3,(H,15,16)/b12-9-. The molecule has 2 heteroatoms. The van der Waals surface area contributed by atoms with Gasteiger partial charge in [0, 0.05) is 6.08 Å². The number of allylic oxidation sites excluding steroid dienone is 1. The topological polar surface area (TPSA) is 37.3 Å². The molecular formula is C14H26O2. The van der Waals surface area contributed by atoms with Crippen LogP contribution in [-0.2, 0) is 4.79 Å². The van der Waals surface area contributed by atoms with Gasteiger partial charge in [0.05, 0.1) is 0 Å². The summed E-state index contributed by atoms with van der Waals surface area (Å²) in [5, 5.41) is 8.44. The van der Waals surface area contributed by atoms with E-state index < -0.39 is 5.97 Å². The molecule has 0 saturated heterocycles. The van der Waals surface area contributed by atoms with Crippen LogP contribution in [0.2, 0.25) is 0 Å². The molecular weight excluding hydrogens is 200 g/mol. The van der Waals surface area contributed by atoms with Crippen LogP contribution in [0, 0.1) is 5.92 Å². The monoisotopic (exact) mass is 226 g/mol. The van der Waals surface area contributed by atoms with Gasteiger partial charge < -0.3 is 5.11 Å². The quantitative estimate of drug-likeness (QED) is 0.442. The van der Waals surface area contributed by atoms with Crippen LogP contribution in [0.5, 0.6) is 0 Å². The van der Waals surface area contributed by atoms with Gasteiger partial charge in [0.15, 0.2) is 0 Å². The van der Waals surface area contributed by atoms with E-state index in [0.717, 1.165) is 6.42 Å². The maximum atomic E-state index is 10.3. The molecule has 0 fully saturated rings. The molecule has 0 heterocycles. The highest BCUT2D eigenvalue weighted by Gasteiger charge is 1.99. The van der Waals surface area contributed by atoms with Crippen molar-refractivity contribution in [2.45, 2.75) is 65.2 Å². The molecule has 1 atom stereocenters. The van der Waals surface area contributed by atoms with E-state index in [9.17, 15) is 4.79 Å². The number of carboxylic acid groups (broad SMARTS) is 1. The second-order valence-electron chi connectivity index (χ2n) is 4.64. The van der Waals surface area contributed by atoms with E-state index in [4.69, 9.17) is 5.11 Å². The first-order chi connectivity index (χ1) is 7.66. The van der Waals surface area contributed by atoms with Crippen molar-refractivity contribution in [2.75, 3.05) is 0 Å². The number of rotatable bonds is 10. The van der Waals surface area contributed by atoms with Gasteiger partial charge >= 0.3 is 5.97 Å². The van der Waals surface area contributed by atoms with Crippen LogP contribution in [-0.4, -0.2) is 11.1 Å². The molecule has 0 aliphatic heterocycles. The Labute approximate surface area is 99.7 Å². The van der Waals surface area contributed by atoms with Crippen molar-refractivity contribution in [3.63, 3.8) is 0 Å². The van der Waals surface area contributed by atoms with Crippen molar-refractivity contribution in [3.05, 3.63) is 12.2 Å². The summed E-state index contributed by atoms with van der Waals surface area (Å²) in [5.41, 5.74) is 0. The number of carboxylic acids is 1. The average molecular weight is 226 g/mol. The molecule has 0 aliphatic rings. The van der Waals surface area contributed by atoms with Crippen molar-refractivity contribution >= 4 is 5.97 Å². The van der Waals surface area contributed by atoms with Gasteiger partial charge in [0.1, 0.15) is 0 Å². The predicted octanol–water partition coefficient (Wildman–Crippen LogP) is 4.40. The summed E-state index contributed by atoms with van der Waals surface area (Å²) < 4.78 is 0. The highest BCUT2D eigenvalue weighted by Crippen LogP contribution is 2.14. The third kappa shape index (κ3) is 11.3. The van der Waals surface area contributed by atoms with Gasteiger partial charge in [0.2, 0.25) is 0 Å². The van der Waals surface area contributed by atoms with Gasteiger partial charge in [-0.3, -0.25) is 0 Å².